The second kappa shape index (κ2) is 8.53. The zero-order valence-electron chi connectivity index (χ0n) is 14.2. The van der Waals surface area contributed by atoms with Crippen LogP contribution in [0.3, 0.4) is 0 Å². The van der Waals surface area contributed by atoms with Crippen LogP contribution in [0, 0.1) is 13.8 Å². The van der Waals surface area contributed by atoms with Crippen molar-refractivity contribution in [1.82, 2.24) is 0 Å². The van der Waals surface area contributed by atoms with E-state index in [0.717, 1.165) is 16.8 Å². The van der Waals surface area contributed by atoms with Crippen molar-refractivity contribution < 1.29 is 19.5 Å². The molecule has 1 amide bonds. The molecule has 2 aromatic rings. The van der Waals surface area contributed by atoms with Gasteiger partial charge in [-0.05, 0) is 53.5 Å². The summed E-state index contributed by atoms with van der Waals surface area (Å²) in [6.07, 6.45) is 1.27. The van der Waals surface area contributed by atoms with Gasteiger partial charge in [0.1, 0.15) is 0 Å². The monoisotopic (exact) mass is 406 g/mol. The van der Waals surface area contributed by atoms with E-state index in [1.807, 2.05) is 32.0 Å². The van der Waals surface area contributed by atoms with Gasteiger partial charge in [0.15, 0.2) is 18.1 Å². The minimum atomic E-state index is -0.276. The molecule has 6 nitrogen and oxygen atoms in total. The summed E-state index contributed by atoms with van der Waals surface area (Å²) in [5.74, 6) is 0.541. The van der Waals surface area contributed by atoms with E-state index in [-0.39, 0.29) is 12.5 Å². The molecule has 0 aromatic heterocycles. The van der Waals surface area contributed by atoms with E-state index in [4.69, 9.17) is 14.7 Å². The Morgan fingerprint density at radius 3 is 2.72 bits per heavy atom. The van der Waals surface area contributed by atoms with Gasteiger partial charge in [-0.25, -0.2) is 0 Å². The molecule has 0 aliphatic carbocycles. The summed E-state index contributed by atoms with van der Waals surface area (Å²) in [6, 6.07) is 9.13. The van der Waals surface area contributed by atoms with Crippen molar-refractivity contribution in [3.63, 3.8) is 0 Å². The highest BCUT2D eigenvalue weighted by molar-refractivity contribution is 9.10. The standard InChI is InChI=1S/C18H19BrN2O4/c1-11-4-5-15(12(2)6-11)21-17(22)10-25-18-14(19)7-13(9-20-23)8-16(18)24-3/h4-9,23H,10H2,1-3H3,(H,21,22)/b20-9+. The fourth-order valence-electron chi connectivity index (χ4n) is 2.30. The number of aryl methyl sites for hydroxylation is 2. The summed E-state index contributed by atoms with van der Waals surface area (Å²) in [5.41, 5.74) is 3.49. The van der Waals surface area contributed by atoms with E-state index in [2.05, 4.69) is 26.4 Å². The van der Waals surface area contributed by atoms with E-state index in [1.54, 1.807) is 12.1 Å². The largest absolute Gasteiger partial charge is 0.493 e. The van der Waals surface area contributed by atoms with Crippen molar-refractivity contribution >= 4 is 33.7 Å². The third kappa shape index (κ3) is 4.96. The lowest BCUT2D eigenvalue weighted by Crippen LogP contribution is -2.21. The first kappa shape index (κ1) is 18.8. The average molecular weight is 407 g/mol. The van der Waals surface area contributed by atoms with Crippen molar-refractivity contribution in [1.29, 1.82) is 0 Å². The van der Waals surface area contributed by atoms with Crippen molar-refractivity contribution in [2.24, 2.45) is 5.16 Å². The van der Waals surface area contributed by atoms with Crippen molar-refractivity contribution in [2.75, 3.05) is 19.0 Å². The molecule has 0 bridgehead atoms. The van der Waals surface area contributed by atoms with Crippen LogP contribution in [0.5, 0.6) is 11.5 Å². The molecule has 0 fully saturated rings. The normalized spacial score (nSPS) is 10.7. The van der Waals surface area contributed by atoms with Gasteiger partial charge in [-0.15, -0.1) is 0 Å². The number of carbonyl (C=O) groups is 1. The Morgan fingerprint density at radius 2 is 2.08 bits per heavy atom. The van der Waals surface area contributed by atoms with Gasteiger partial charge in [0.25, 0.3) is 5.91 Å². The molecule has 0 atom stereocenters. The average Bonchev–Trinajstić information content (AvgIpc) is 2.56. The Kier molecular flexibility index (Phi) is 6.41. The summed E-state index contributed by atoms with van der Waals surface area (Å²) in [5, 5.41) is 14.4. The van der Waals surface area contributed by atoms with Crippen molar-refractivity contribution in [2.45, 2.75) is 13.8 Å². The number of hydrogen-bond acceptors (Lipinski definition) is 5. The molecule has 0 saturated heterocycles. The molecule has 0 saturated carbocycles. The minimum absolute atomic E-state index is 0.171. The summed E-state index contributed by atoms with van der Waals surface area (Å²) in [7, 11) is 1.49. The van der Waals surface area contributed by atoms with Gasteiger partial charge in [-0.3, -0.25) is 4.79 Å². The van der Waals surface area contributed by atoms with Gasteiger partial charge < -0.3 is 20.0 Å². The smallest absolute Gasteiger partial charge is 0.262 e. The summed E-state index contributed by atoms with van der Waals surface area (Å²) >= 11 is 3.37. The zero-order valence-corrected chi connectivity index (χ0v) is 15.8. The molecule has 0 spiro atoms. The van der Waals surface area contributed by atoms with Crippen LogP contribution in [-0.2, 0) is 4.79 Å². The Bertz CT molecular complexity index is 806. The number of nitrogens with one attached hydrogen (secondary N) is 1. The lowest BCUT2D eigenvalue weighted by atomic mass is 10.1. The van der Waals surface area contributed by atoms with E-state index in [0.29, 0.717) is 21.5 Å². The molecule has 0 heterocycles. The van der Waals surface area contributed by atoms with E-state index >= 15 is 0 Å². The van der Waals surface area contributed by atoms with Crippen LogP contribution < -0.4 is 14.8 Å². The number of ether oxygens (including phenoxy) is 2. The first-order valence-corrected chi connectivity index (χ1v) is 8.28. The third-order valence-electron chi connectivity index (χ3n) is 3.46. The number of carbonyl (C=O) groups excluding carboxylic acids is 1. The topological polar surface area (TPSA) is 80.2 Å². The maximum atomic E-state index is 12.2. The Labute approximate surface area is 154 Å². The second-order valence-corrected chi connectivity index (χ2v) is 6.29. The van der Waals surface area contributed by atoms with Crippen LogP contribution >= 0.6 is 15.9 Å². The Balaban J connectivity index is 2.08. The predicted octanol–water partition coefficient (Wildman–Crippen LogP) is 3.90. The lowest BCUT2D eigenvalue weighted by Gasteiger charge is -2.14. The molecule has 2 N–H and O–H groups in total. The van der Waals surface area contributed by atoms with Crippen LogP contribution in [0.25, 0.3) is 0 Å². The number of benzene rings is 2. The van der Waals surface area contributed by atoms with Gasteiger partial charge >= 0.3 is 0 Å². The van der Waals surface area contributed by atoms with Crippen molar-refractivity contribution in [3.8, 4) is 11.5 Å². The summed E-state index contributed by atoms with van der Waals surface area (Å²) in [6.45, 7) is 3.76. The number of nitrogens with zero attached hydrogens (tertiary/aromatic N) is 1. The first-order chi connectivity index (χ1) is 11.9. The van der Waals surface area contributed by atoms with Crippen molar-refractivity contribution in [3.05, 3.63) is 51.5 Å². The number of methoxy groups -OCH3 is 1. The molecule has 0 aliphatic heterocycles. The van der Waals surface area contributed by atoms with Crippen LogP contribution in [-0.4, -0.2) is 31.0 Å². The van der Waals surface area contributed by atoms with E-state index < -0.39 is 0 Å². The maximum absolute atomic E-state index is 12.2. The molecule has 2 rings (SSSR count). The molecule has 2 aromatic carbocycles. The molecular weight excluding hydrogens is 388 g/mol. The van der Waals surface area contributed by atoms with Crippen LogP contribution in [0.1, 0.15) is 16.7 Å². The van der Waals surface area contributed by atoms with Gasteiger partial charge in [0.05, 0.1) is 17.8 Å². The highest BCUT2D eigenvalue weighted by atomic mass is 79.9. The first-order valence-electron chi connectivity index (χ1n) is 7.49. The maximum Gasteiger partial charge on any atom is 0.262 e. The Morgan fingerprint density at radius 1 is 1.32 bits per heavy atom. The number of oxime groups is 1. The molecule has 132 valence electrons. The SMILES string of the molecule is COc1cc(/C=N/O)cc(Br)c1OCC(=O)Nc1ccc(C)cc1C. The fraction of sp³-hybridized carbons (Fsp3) is 0.222. The molecule has 0 aliphatic rings. The number of halogens is 1. The molecule has 25 heavy (non-hydrogen) atoms. The zero-order chi connectivity index (χ0) is 18.4. The van der Waals surface area contributed by atoms with E-state index in [1.165, 1.54) is 13.3 Å². The van der Waals surface area contributed by atoms with Crippen LogP contribution in [0.2, 0.25) is 0 Å². The van der Waals surface area contributed by atoms with E-state index in [9.17, 15) is 4.79 Å². The number of hydrogen-bond donors (Lipinski definition) is 2. The summed E-state index contributed by atoms with van der Waals surface area (Å²) < 4.78 is 11.4. The highest BCUT2D eigenvalue weighted by Gasteiger charge is 2.14. The quantitative estimate of drug-likeness (QED) is 0.433. The third-order valence-corrected chi connectivity index (χ3v) is 4.05. The van der Waals surface area contributed by atoms with Crippen LogP contribution in [0.4, 0.5) is 5.69 Å². The second-order valence-electron chi connectivity index (χ2n) is 5.43. The molecule has 0 radical (unpaired) electrons. The number of amides is 1. The van der Waals surface area contributed by atoms with Gasteiger partial charge in [0, 0.05) is 11.3 Å². The number of rotatable bonds is 6. The molecular formula is C18H19BrN2O4. The Hall–Kier alpha value is -2.54. The van der Waals surface area contributed by atoms with Gasteiger partial charge in [0.2, 0.25) is 0 Å². The highest BCUT2D eigenvalue weighted by Crippen LogP contribution is 2.36. The minimum Gasteiger partial charge on any atom is -0.493 e. The predicted molar refractivity (Wildman–Crippen MR) is 100 cm³/mol. The number of anilines is 1. The lowest BCUT2D eigenvalue weighted by molar-refractivity contribution is -0.118. The summed E-state index contributed by atoms with van der Waals surface area (Å²) in [4.78, 5) is 12.2. The van der Waals surface area contributed by atoms with Gasteiger partial charge in [-0.2, -0.15) is 0 Å². The molecule has 7 heteroatoms. The van der Waals surface area contributed by atoms with Gasteiger partial charge in [-0.1, -0.05) is 22.9 Å². The van der Waals surface area contributed by atoms with Crippen LogP contribution in [0.15, 0.2) is 40.0 Å². The molecule has 0 unspecified atom stereocenters. The fourth-order valence-corrected chi connectivity index (χ4v) is 2.87.